The molecule has 4 atom stereocenters. The fourth-order valence-electron chi connectivity index (χ4n) is 3.30. The van der Waals surface area contributed by atoms with Crippen LogP contribution >= 0.6 is 0 Å². The highest BCUT2D eigenvalue weighted by Crippen LogP contribution is 2.63. The average molecular weight is 183 g/mol. The third-order valence-electron chi connectivity index (χ3n) is 4.49. The van der Waals surface area contributed by atoms with Crippen LogP contribution in [0.25, 0.3) is 0 Å². The van der Waals surface area contributed by atoms with Gasteiger partial charge in [-0.15, -0.1) is 0 Å². The summed E-state index contributed by atoms with van der Waals surface area (Å²) in [6, 6.07) is -0.385. The fourth-order valence-corrected chi connectivity index (χ4v) is 3.30. The highest BCUT2D eigenvalue weighted by atomic mass is 16.3. The maximum Gasteiger partial charge on any atom is 0.121 e. The number of nitrogens with zero attached hydrogens (tertiary/aromatic N) is 1. The van der Waals surface area contributed by atoms with Crippen molar-refractivity contribution in [1.29, 1.82) is 0 Å². The van der Waals surface area contributed by atoms with Gasteiger partial charge >= 0.3 is 0 Å². The largest absolute Gasteiger partial charge is 0.387 e. The van der Waals surface area contributed by atoms with Gasteiger partial charge < -0.3 is 5.11 Å². The molecule has 74 valence electrons. The Kier molecular flexibility index (Phi) is 1.63. The maximum atomic E-state index is 10.5. The quantitative estimate of drug-likeness (QED) is 0.631. The minimum absolute atomic E-state index is 0.199. The molecule has 0 aromatic carbocycles. The Morgan fingerprint density at radius 3 is 2.31 bits per heavy atom. The minimum Gasteiger partial charge on any atom is -0.387 e. The van der Waals surface area contributed by atoms with Crippen molar-refractivity contribution in [3.05, 3.63) is 4.91 Å². The van der Waals surface area contributed by atoms with Crippen LogP contribution in [0.4, 0.5) is 0 Å². The van der Waals surface area contributed by atoms with E-state index in [0.717, 1.165) is 12.8 Å². The SMILES string of the molecule is CC1(C)C2CC(N=O)[C@@](C)(O)C1C2. The zero-order valence-corrected chi connectivity index (χ0v) is 8.45. The molecule has 1 N–H and O–H groups in total. The fraction of sp³-hybridized carbons (Fsp3) is 1.00. The van der Waals surface area contributed by atoms with Crippen molar-refractivity contribution in [3.63, 3.8) is 0 Å². The summed E-state index contributed by atoms with van der Waals surface area (Å²) < 4.78 is 0. The molecule has 0 aromatic rings. The molecule has 3 rings (SSSR count). The second-order valence-corrected chi connectivity index (χ2v) is 5.39. The Bertz CT molecular complexity index is 247. The molecule has 0 spiro atoms. The Balaban J connectivity index is 2.28. The molecular formula is C10H17NO2. The Morgan fingerprint density at radius 1 is 1.31 bits per heavy atom. The molecule has 3 fully saturated rings. The summed E-state index contributed by atoms with van der Waals surface area (Å²) in [6.07, 6.45) is 1.83. The van der Waals surface area contributed by atoms with Crippen molar-refractivity contribution in [1.82, 2.24) is 0 Å². The lowest BCUT2D eigenvalue weighted by Crippen LogP contribution is -2.65. The number of aliphatic hydroxyl groups is 1. The van der Waals surface area contributed by atoms with E-state index in [4.69, 9.17) is 0 Å². The van der Waals surface area contributed by atoms with Crippen molar-refractivity contribution in [2.24, 2.45) is 22.4 Å². The van der Waals surface area contributed by atoms with Crippen LogP contribution in [0, 0.1) is 22.2 Å². The van der Waals surface area contributed by atoms with Gasteiger partial charge in [-0.05, 0) is 37.0 Å². The van der Waals surface area contributed by atoms with E-state index in [1.807, 2.05) is 0 Å². The second-order valence-electron chi connectivity index (χ2n) is 5.39. The molecule has 3 heteroatoms. The number of rotatable bonds is 1. The zero-order valence-electron chi connectivity index (χ0n) is 8.45. The molecule has 0 aliphatic heterocycles. The monoisotopic (exact) mass is 183 g/mol. The van der Waals surface area contributed by atoms with Crippen molar-refractivity contribution >= 4 is 0 Å². The van der Waals surface area contributed by atoms with E-state index < -0.39 is 5.60 Å². The Labute approximate surface area is 78.5 Å². The van der Waals surface area contributed by atoms with E-state index >= 15 is 0 Å². The summed E-state index contributed by atoms with van der Waals surface area (Å²) in [7, 11) is 0. The van der Waals surface area contributed by atoms with E-state index in [0.29, 0.717) is 5.92 Å². The third-order valence-corrected chi connectivity index (χ3v) is 4.49. The van der Waals surface area contributed by atoms with Gasteiger partial charge in [0.25, 0.3) is 0 Å². The van der Waals surface area contributed by atoms with Crippen LogP contribution < -0.4 is 0 Å². The predicted octanol–water partition coefficient (Wildman–Crippen LogP) is 1.94. The summed E-state index contributed by atoms with van der Waals surface area (Å²) >= 11 is 0. The topological polar surface area (TPSA) is 49.7 Å². The van der Waals surface area contributed by atoms with Crippen molar-refractivity contribution in [3.8, 4) is 0 Å². The lowest BCUT2D eigenvalue weighted by Gasteiger charge is -2.63. The minimum atomic E-state index is -0.875. The van der Waals surface area contributed by atoms with Gasteiger partial charge in [-0.3, -0.25) is 0 Å². The van der Waals surface area contributed by atoms with Gasteiger partial charge in [0.05, 0.1) is 5.60 Å². The first-order valence-electron chi connectivity index (χ1n) is 4.95. The predicted molar refractivity (Wildman–Crippen MR) is 50.2 cm³/mol. The van der Waals surface area contributed by atoms with Crippen molar-refractivity contribution in [2.75, 3.05) is 0 Å². The molecule has 0 radical (unpaired) electrons. The normalized spacial score (nSPS) is 52.5. The average Bonchev–Trinajstić information content (AvgIpc) is 2.01. The van der Waals surface area contributed by atoms with E-state index in [1.54, 1.807) is 6.92 Å². The number of hydrogen-bond donors (Lipinski definition) is 1. The van der Waals surface area contributed by atoms with Crippen LogP contribution in [0.1, 0.15) is 33.6 Å². The first-order chi connectivity index (χ1) is 5.90. The smallest absolute Gasteiger partial charge is 0.121 e. The molecule has 0 amide bonds. The number of hydrogen-bond acceptors (Lipinski definition) is 3. The van der Waals surface area contributed by atoms with Crippen LogP contribution in [0.5, 0.6) is 0 Å². The molecule has 3 unspecified atom stereocenters. The van der Waals surface area contributed by atoms with Crippen LogP contribution in [0.3, 0.4) is 0 Å². The van der Waals surface area contributed by atoms with Gasteiger partial charge in [0, 0.05) is 0 Å². The summed E-state index contributed by atoms with van der Waals surface area (Å²) in [4.78, 5) is 10.5. The molecule has 2 bridgehead atoms. The lowest BCUT2D eigenvalue weighted by molar-refractivity contribution is -0.202. The molecule has 3 aliphatic rings. The lowest BCUT2D eigenvalue weighted by atomic mass is 9.43. The first kappa shape index (κ1) is 9.13. The second kappa shape index (κ2) is 2.32. The summed E-state index contributed by atoms with van der Waals surface area (Å²) in [5.74, 6) is 0.835. The standard InChI is InChI=1S/C10H17NO2/c1-9(2)6-4-7(9)10(3,12)8(5-6)11-13/h6-8,12H,4-5H2,1-3H3/t6?,7?,8?,10-/m0/s1. The Hall–Kier alpha value is -0.440. The van der Waals surface area contributed by atoms with Gasteiger partial charge in [0.15, 0.2) is 0 Å². The Morgan fingerprint density at radius 2 is 1.92 bits per heavy atom. The molecule has 0 saturated heterocycles. The van der Waals surface area contributed by atoms with Crippen LogP contribution in [-0.2, 0) is 0 Å². The summed E-state index contributed by atoms with van der Waals surface area (Å²) in [5.41, 5.74) is -0.676. The van der Waals surface area contributed by atoms with Crippen LogP contribution in [0.15, 0.2) is 5.18 Å². The van der Waals surface area contributed by atoms with Gasteiger partial charge in [-0.25, -0.2) is 0 Å². The van der Waals surface area contributed by atoms with Crippen LogP contribution in [-0.4, -0.2) is 16.7 Å². The molecular weight excluding hydrogens is 166 g/mol. The van der Waals surface area contributed by atoms with E-state index in [9.17, 15) is 10.0 Å². The van der Waals surface area contributed by atoms with Gasteiger partial charge in [0.2, 0.25) is 0 Å². The molecule has 13 heavy (non-hydrogen) atoms. The maximum absolute atomic E-state index is 10.5. The highest BCUT2D eigenvalue weighted by molar-refractivity contribution is 5.14. The molecule has 3 saturated carbocycles. The van der Waals surface area contributed by atoms with Crippen LogP contribution in [0.2, 0.25) is 0 Å². The van der Waals surface area contributed by atoms with E-state index in [-0.39, 0.29) is 17.4 Å². The van der Waals surface area contributed by atoms with Gasteiger partial charge in [-0.1, -0.05) is 19.0 Å². The summed E-state index contributed by atoms with van der Waals surface area (Å²) in [5, 5.41) is 13.2. The zero-order chi connectivity index (χ0) is 9.85. The number of fused-ring (bicyclic) bond motifs is 2. The number of nitroso groups, excluding NO2 is 1. The summed E-state index contributed by atoms with van der Waals surface area (Å²) in [6.45, 7) is 6.13. The molecule has 0 heterocycles. The van der Waals surface area contributed by atoms with Gasteiger partial charge in [0.1, 0.15) is 6.04 Å². The highest BCUT2D eigenvalue weighted by Gasteiger charge is 2.63. The van der Waals surface area contributed by atoms with Gasteiger partial charge in [-0.2, -0.15) is 4.91 Å². The third kappa shape index (κ3) is 0.938. The van der Waals surface area contributed by atoms with Crippen molar-refractivity contribution < 1.29 is 5.11 Å². The van der Waals surface area contributed by atoms with Crippen molar-refractivity contribution in [2.45, 2.75) is 45.3 Å². The molecule has 0 aromatic heterocycles. The molecule has 3 aliphatic carbocycles. The first-order valence-corrected chi connectivity index (χ1v) is 4.95. The van der Waals surface area contributed by atoms with E-state index in [2.05, 4.69) is 19.0 Å². The molecule has 3 nitrogen and oxygen atoms in total. The van der Waals surface area contributed by atoms with E-state index in [1.165, 1.54) is 0 Å².